The van der Waals surface area contributed by atoms with Gasteiger partial charge in [-0.2, -0.15) is 0 Å². The maximum absolute atomic E-state index is 2.45. The van der Waals surface area contributed by atoms with Crippen molar-refractivity contribution in [2.45, 2.75) is 39.7 Å². The maximum Gasteiger partial charge on any atom is 0.0453 e. The Morgan fingerprint density at radius 3 is 2.56 bits per heavy atom. The van der Waals surface area contributed by atoms with Crippen molar-refractivity contribution in [2.24, 2.45) is 0 Å². The van der Waals surface area contributed by atoms with Crippen molar-refractivity contribution in [3.63, 3.8) is 0 Å². The van der Waals surface area contributed by atoms with E-state index in [0.29, 0.717) is 0 Å². The summed E-state index contributed by atoms with van der Waals surface area (Å²) < 4.78 is 0. The van der Waals surface area contributed by atoms with E-state index >= 15 is 0 Å². The predicted octanol–water partition coefficient (Wildman–Crippen LogP) is 2.30. The number of allylic oxidation sites excluding steroid dienone is 1. The molecule has 0 saturated carbocycles. The topological polar surface area (TPSA) is 0 Å². The Balaban J connectivity index is 3.00. The molecule has 0 bridgehead atoms. The van der Waals surface area contributed by atoms with Crippen LogP contribution >= 0.6 is 0 Å². The fraction of sp³-hybridized carbons (Fsp3) is 0.750. The van der Waals surface area contributed by atoms with Gasteiger partial charge in [0.25, 0.3) is 0 Å². The summed E-state index contributed by atoms with van der Waals surface area (Å²) in [5.41, 5.74) is 3.97. The zero-order valence-electron chi connectivity index (χ0n) is 6.91. The van der Waals surface area contributed by atoms with Crippen LogP contribution in [0.4, 0.5) is 0 Å². The van der Waals surface area contributed by atoms with E-state index in [-0.39, 0.29) is 9.52 Å². The lowest BCUT2D eigenvalue weighted by atomic mass is 10.4. The van der Waals surface area contributed by atoms with Crippen LogP contribution in [0.25, 0.3) is 0 Å². The summed E-state index contributed by atoms with van der Waals surface area (Å²) in [7, 11) is 0.191. The first kappa shape index (κ1) is 8.96. The predicted molar refractivity (Wildman–Crippen MR) is 47.7 cm³/mol. The summed E-state index contributed by atoms with van der Waals surface area (Å²) in [5.74, 6) is 0. The van der Waals surface area contributed by atoms with Crippen molar-refractivity contribution in [3.05, 3.63) is 11.3 Å². The fourth-order valence-electron chi connectivity index (χ4n) is 0.785. The Morgan fingerprint density at radius 1 is 1.44 bits per heavy atom. The Labute approximate surface area is 61.2 Å². The SMILES string of the molecule is CCCC[SiH2]C=C(C)C. The molecule has 0 heterocycles. The molecule has 0 unspecified atom stereocenters. The molecule has 54 valence electrons. The summed E-state index contributed by atoms with van der Waals surface area (Å²) in [5, 5.41) is 0. The highest BCUT2D eigenvalue weighted by Crippen LogP contribution is 1.95. The van der Waals surface area contributed by atoms with Gasteiger partial charge in [0.15, 0.2) is 0 Å². The van der Waals surface area contributed by atoms with Gasteiger partial charge >= 0.3 is 0 Å². The van der Waals surface area contributed by atoms with Crippen molar-refractivity contribution in [1.29, 1.82) is 0 Å². The van der Waals surface area contributed by atoms with Gasteiger partial charge in [-0.3, -0.25) is 0 Å². The van der Waals surface area contributed by atoms with E-state index < -0.39 is 0 Å². The third-order valence-corrected chi connectivity index (χ3v) is 3.37. The Morgan fingerprint density at radius 2 is 2.11 bits per heavy atom. The minimum atomic E-state index is 0.191. The summed E-state index contributed by atoms with van der Waals surface area (Å²) in [6.07, 6.45) is 2.81. The van der Waals surface area contributed by atoms with Crippen LogP contribution in [-0.4, -0.2) is 9.52 Å². The van der Waals surface area contributed by atoms with Gasteiger partial charge < -0.3 is 0 Å². The van der Waals surface area contributed by atoms with Gasteiger partial charge in [0.1, 0.15) is 0 Å². The third-order valence-electron chi connectivity index (χ3n) is 1.36. The third kappa shape index (κ3) is 7.96. The van der Waals surface area contributed by atoms with Gasteiger partial charge in [-0.1, -0.05) is 31.4 Å². The Kier molecular flexibility index (Phi) is 6.05. The summed E-state index contributed by atoms with van der Waals surface area (Å²) in [4.78, 5) is 0. The molecule has 0 saturated heterocycles. The molecule has 0 aliphatic carbocycles. The molecule has 0 aromatic rings. The number of hydrogen-bond acceptors (Lipinski definition) is 0. The largest absolute Gasteiger partial charge is 0.103 e. The standard InChI is InChI=1S/C8H18Si/c1-4-5-6-9-7-8(2)3/h7H,4-6,9H2,1-3H3. The lowest BCUT2D eigenvalue weighted by Gasteiger charge is -1.91. The molecule has 0 atom stereocenters. The van der Waals surface area contributed by atoms with E-state index in [1.54, 1.807) is 0 Å². The van der Waals surface area contributed by atoms with E-state index in [1.165, 1.54) is 24.5 Å². The molecule has 9 heavy (non-hydrogen) atoms. The molecule has 0 aromatic heterocycles. The van der Waals surface area contributed by atoms with Crippen molar-refractivity contribution < 1.29 is 0 Å². The summed E-state index contributed by atoms with van der Waals surface area (Å²) in [6.45, 7) is 6.65. The highest BCUT2D eigenvalue weighted by molar-refractivity contribution is 6.42. The zero-order valence-corrected chi connectivity index (χ0v) is 8.32. The molecule has 0 aromatic carbocycles. The van der Waals surface area contributed by atoms with Crippen LogP contribution in [0.15, 0.2) is 11.3 Å². The molecule has 0 nitrogen and oxygen atoms in total. The van der Waals surface area contributed by atoms with E-state index in [1.807, 2.05) is 0 Å². The molecule has 0 aliphatic heterocycles. The molecule has 0 radical (unpaired) electrons. The molecule has 0 fully saturated rings. The van der Waals surface area contributed by atoms with Crippen LogP contribution in [0.2, 0.25) is 6.04 Å². The lowest BCUT2D eigenvalue weighted by Crippen LogP contribution is -1.83. The van der Waals surface area contributed by atoms with Gasteiger partial charge in [-0.05, 0) is 13.8 Å². The first-order valence-corrected chi connectivity index (χ1v) is 5.72. The van der Waals surface area contributed by atoms with Crippen LogP contribution in [0.5, 0.6) is 0 Å². The molecule has 0 spiro atoms. The van der Waals surface area contributed by atoms with Gasteiger partial charge in [-0.25, -0.2) is 0 Å². The average molecular weight is 142 g/mol. The molecule has 0 N–H and O–H groups in total. The smallest absolute Gasteiger partial charge is 0.0453 e. The van der Waals surface area contributed by atoms with Crippen LogP contribution in [0, 0.1) is 0 Å². The van der Waals surface area contributed by atoms with E-state index in [2.05, 4.69) is 26.5 Å². The van der Waals surface area contributed by atoms with Gasteiger partial charge in [0.05, 0.1) is 0 Å². The normalized spacial score (nSPS) is 10.6. The van der Waals surface area contributed by atoms with Crippen LogP contribution < -0.4 is 0 Å². The van der Waals surface area contributed by atoms with Gasteiger partial charge in [0, 0.05) is 9.52 Å². The molecule has 1 heteroatoms. The molecular formula is C8H18Si. The lowest BCUT2D eigenvalue weighted by molar-refractivity contribution is 0.881. The van der Waals surface area contributed by atoms with Crippen LogP contribution in [-0.2, 0) is 0 Å². The molecule has 0 amide bonds. The van der Waals surface area contributed by atoms with Crippen LogP contribution in [0.1, 0.15) is 33.6 Å². The van der Waals surface area contributed by atoms with Crippen molar-refractivity contribution >= 4 is 9.52 Å². The second-order valence-corrected chi connectivity index (χ2v) is 4.47. The number of hydrogen-bond donors (Lipinski definition) is 0. The van der Waals surface area contributed by atoms with Crippen molar-refractivity contribution in [1.82, 2.24) is 0 Å². The minimum absolute atomic E-state index is 0.191. The maximum atomic E-state index is 2.45. The Hall–Kier alpha value is -0.0431. The fourth-order valence-corrected chi connectivity index (χ4v) is 2.36. The molecule has 0 rings (SSSR count). The molecular weight excluding hydrogens is 124 g/mol. The minimum Gasteiger partial charge on any atom is -0.103 e. The highest BCUT2D eigenvalue weighted by Gasteiger charge is 1.82. The van der Waals surface area contributed by atoms with Gasteiger partial charge in [0.2, 0.25) is 0 Å². The Bertz CT molecular complexity index is 80.6. The highest BCUT2D eigenvalue weighted by atomic mass is 28.2. The van der Waals surface area contributed by atoms with Gasteiger partial charge in [-0.15, -0.1) is 5.70 Å². The first-order valence-electron chi connectivity index (χ1n) is 3.90. The summed E-state index contributed by atoms with van der Waals surface area (Å²) in [6, 6.07) is 1.50. The van der Waals surface area contributed by atoms with E-state index in [0.717, 1.165) is 0 Å². The second kappa shape index (κ2) is 6.08. The monoisotopic (exact) mass is 142 g/mol. The quantitative estimate of drug-likeness (QED) is 0.417. The summed E-state index contributed by atoms with van der Waals surface area (Å²) >= 11 is 0. The number of rotatable bonds is 4. The van der Waals surface area contributed by atoms with E-state index in [9.17, 15) is 0 Å². The number of unbranched alkanes of at least 4 members (excludes halogenated alkanes) is 1. The van der Waals surface area contributed by atoms with Crippen LogP contribution in [0.3, 0.4) is 0 Å². The zero-order chi connectivity index (χ0) is 7.11. The average Bonchev–Trinajstić information content (AvgIpc) is 1.80. The van der Waals surface area contributed by atoms with Crippen molar-refractivity contribution in [3.8, 4) is 0 Å². The van der Waals surface area contributed by atoms with Crippen molar-refractivity contribution in [2.75, 3.05) is 0 Å². The second-order valence-electron chi connectivity index (χ2n) is 2.78. The first-order chi connectivity index (χ1) is 4.27. The van der Waals surface area contributed by atoms with E-state index in [4.69, 9.17) is 0 Å². The molecule has 0 aliphatic rings.